The van der Waals surface area contributed by atoms with Gasteiger partial charge in [-0.05, 0) is 19.2 Å². The van der Waals surface area contributed by atoms with E-state index >= 15 is 0 Å². The Morgan fingerprint density at radius 1 is 1.19 bits per heavy atom. The van der Waals surface area contributed by atoms with Crippen LogP contribution in [-0.4, -0.2) is 49.9 Å². The van der Waals surface area contributed by atoms with Gasteiger partial charge < -0.3 is 9.31 Å². The lowest BCUT2D eigenvalue weighted by Gasteiger charge is -2.22. The molecule has 21 heavy (non-hydrogen) atoms. The highest BCUT2D eigenvalue weighted by molar-refractivity contribution is 9.10. The maximum absolute atomic E-state index is 12.1. The molecule has 0 bridgehead atoms. The number of carbonyl (C=O) groups is 3. The Morgan fingerprint density at radius 3 is 2.24 bits per heavy atom. The minimum atomic E-state index is -1.17. The van der Waals surface area contributed by atoms with Crippen molar-refractivity contribution in [3.8, 4) is 0 Å². The van der Waals surface area contributed by atoms with Crippen LogP contribution in [0.25, 0.3) is 0 Å². The molecule has 0 aliphatic carbocycles. The Kier molecular flexibility index (Phi) is 5.14. The van der Waals surface area contributed by atoms with E-state index in [0.717, 1.165) is 4.47 Å². The molecule has 0 amide bonds. The van der Waals surface area contributed by atoms with Crippen LogP contribution in [0.3, 0.4) is 0 Å². The molecule has 6 nitrogen and oxygen atoms in total. The maximum Gasteiger partial charge on any atom is 0.606 e. The first-order valence-electron chi connectivity index (χ1n) is 6.30. The lowest BCUT2D eigenvalue weighted by Crippen LogP contribution is -2.43. The molecule has 1 heterocycles. The van der Waals surface area contributed by atoms with E-state index in [2.05, 4.69) is 15.9 Å². The van der Waals surface area contributed by atoms with Gasteiger partial charge in [0, 0.05) is 10.0 Å². The zero-order valence-electron chi connectivity index (χ0n) is 11.4. The van der Waals surface area contributed by atoms with Crippen molar-refractivity contribution in [3.63, 3.8) is 0 Å². The number of halogens is 1. The van der Waals surface area contributed by atoms with Crippen LogP contribution in [0.2, 0.25) is 6.32 Å². The summed E-state index contributed by atoms with van der Waals surface area (Å²) in [6, 6.07) is 6.76. The highest BCUT2D eigenvalue weighted by Crippen LogP contribution is 2.14. The minimum Gasteiger partial charge on any atom is -0.498 e. The molecular formula is C13H13BBrNO5. The highest BCUT2D eigenvalue weighted by Gasteiger charge is 2.34. The molecule has 0 spiro atoms. The summed E-state index contributed by atoms with van der Waals surface area (Å²) in [5.41, 5.74) is 0.462. The van der Waals surface area contributed by atoms with E-state index in [0.29, 0.717) is 5.56 Å². The van der Waals surface area contributed by atoms with E-state index in [1.807, 2.05) is 0 Å². The molecule has 0 unspecified atom stereocenters. The number of rotatable bonds is 3. The number of hydrogen-bond donors (Lipinski definition) is 0. The number of ketones is 1. The van der Waals surface area contributed by atoms with Gasteiger partial charge in [0.25, 0.3) is 0 Å². The van der Waals surface area contributed by atoms with Crippen molar-refractivity contribution in [3.05, 3.63) is 34.3 Å². The number of carbonyl (C=O) groups excluding carboxylic acids is 3. The van der Waals surface area contributed by atoms with Gasteiger partial charge in [-0.1, -0.05) is 28.1 Å². The van der Waals surface area contributed by atoms with Crippen molar-refractivity contribution >= 4 is 40.8 Å². The van der Waals surface area contributed by atoms with E-state index in [1.54, 1.807) is 31.3 Å². The van der Waals surface area contributed by atoms with E-state index in [9.17, 15) is 14.4 Å². The number of hydrogen-bond acceptors (Lipinski definition) is 6. The second-order valence-corrected chi connectivity index (χ2v) is 5.63. The summed E-state index contributed by atoms with van der Waals surface area (Å²) in [6.07, 6.45) is -0.192. The fourth-order valence-electron chi connectivity index (χ4n) is 1.88. The minimum absolute atomic E-state index is 0.0158. The van der Waals surface area contributed by atoms with Gasteiger partial charge in [0.15, 0.2) is 5.78 Å². The van der Waals surface area contributed by atoms with E-state index in [1.165, 1.54) is 4.90 Å². The molecule has 110 valence electrons. The van der Waals surface area contributed by atoms with Gasteiger partial charge in [-0.25, -0.2) is 0 Å². The smallest absolute Gasteiger partial charge is 0.498 e. The van der Waals surface area contributed by atoms with Crippen LogP contribution in [0.1, 0.15) is 10.4 Å². The standard InChI is InChI=1S/C13H13BBrNO5/c1-16-7-12(18)20-14(21-13(19)8-16)6-11(17)9-2-4-10(15)5-3-9/h2-5H,6-8H2,1H3. The second-order valence-electron chi connectivity index (χ2n) is 4.72. The molecule has 1 saturated heterocycles. The van der Waals surface area contributed by atoms with Gasteiger partial charge in [-0.15, -0.1) is 0 Å². The first kappa shape index (κ1) is 15.7. The molecule has 0 N–H and O–H groups in total. The Labute approximate surface area is 130 Å². The lowest BCUT2D eigenvalue weighted by atomic mass is 9.80. The molecule has 1 fully saturated rings. The molecule has 1 aliphatic rings. The van der Waals surface area contributed by atoms with Gasteiger partial charge in [-0.2, -0.15) is 0 Å². The number of Topliss-reactive ketones (excluding diaryl/α,β-unsaturated/α-hetero) is 1. The molecule has 1 aliphatic heterocycles. The molecule has 2 rings (SSSR count). The number of benzene rings is 1. The van der Waals surface area contributed by atoms with Crippen LogP contribution in [0.15, 0.2) is 28.7 Å². The van der Waals surface area contributed by atoms with Crippen molar-refractivity contribution in [1.29, 1.82) is 0 Å². The molecule has 1 aromatic carbocycles. The number of likely N-dealkylation sites (N-methyl/N-ethyl adjacent to an activating group) is 1. The van der Waals surface area contributed by atoms with Gasteiger partial charge in [0.2, 0.25) is 0 Å². The summed E-state index contributed by atoms with van der Waals surface area (Å²) in [7, 11) is 0.436. The molecule has 0 aromatic heterocycles. The van der Waals surface area contributed by atoms with Gasteiger partial charge in [0.1, 0.15) is 0 Å². The summed E-state index contributed by atoms with van der Waals surface area (Å²) in [6.45, 7) is -0.0316. The Morgan fingerprint density at radius 2 is 1.71 bits per heavy atom. The van der Waals surface area contributed by atoms with Crippen LogP contribution in [0, 0.1) is 0 Å². The van der Waals surface area contributed by atoms with Crippen molar-refractivity contribution in [1.82, 2.24) is 4.90 Å². The Hall–Kier alpha value is -1.67. The van der Waals surface area contributed by atoms with Crippen molar-refractivity contribution in [2.75, 3.05) is 20.1 Å². The van der Waals surface area contributed by atoms with Crippen LogP contribution >= 0.6 is 15.9 Å². The van der Waals surface area contributed by atoms with Crippen LogP contribution in [0.4, 0.5) is 0 Å². The van der Waals surface area contributed by atoms with Crippen molar-refractivity contribution in [2.24, 2.45) is 0 Å². The maximum atomic E-state index is 12.1. The third-order valence-electron chi connectivity index (χ3n) is 2.84. The quantitative estimate of drug-likeness (QED) is 0.599. The predicted molar refractivity (Wildman–Crippen MR) is 78.7 cm³/mol. The molecule has 8 heteroatoms. The number of nitrogens with zero attached hydrogens (tertiary/aromatic N) is 1. The third-order valence-corrected chi connectivity index (χ3v) is 3.37. The summed E-state index contributed by atoms with van der Waals surface area (Å²) in [4.78, 5) is 36.7. The van der Waals surface area contributed by atoms with Crippen molar-refractivity contribution in [2.45, 2.75) is 6.32 Å². The van der Waals surface area contributed by atoms with Crippen LogP contribution in [0.5, 0.6) is 0 Å². The van der Waals surface area contributed by atoms with Gasteiger partial charge in [0.05, 0.1) is 19.4 Å². The Bertz CT molecular complexity index is 542. The second kappa shape index (κ2) is 6.86. The Balaban J connectivity index is 2.03. The van der Waals surface area contributed by atoms with E-state index in [4.69, 9.17) is 9.31 Å². The molecular weight excluding hydrogens is 341 g/mol. The average molecular weight is 354 g/mol. The van der Waals surface area contributed by atoms with Gasteiger partial charge in [-0.3, -0.25) is 19.3 Å². The van der Waals surface area contributed by atoms with Gasteiger partial charge >= 0.3 is 19.1 Å². The topological polar surface area (TPSA) is 72.9 Å². The predicted octanol–water partition coefficient (Wildman–Crippen LogP) is 1.15. The lowest BCUT2D eigenvalue weighted by molar-refractivity contribution is -0.145. The average Bonchev–Trinajstić information content (AvgIpc) is 2.36. The third kappa shape index (κ3) is 4.68. The fraction of sp³-hybridized carbons (Fsp3) is 0.308. The summed E-state index contributed by atoms with van der Waals surface area (Å²) < 4.78 is 10.8. The molecule has 0 radical (unpaired) electrons. The zero-order valence-corrected chi connectivity index (χ0v) is 13.0. The van der Waals surface area contributed by atoms with Crippen LogP contribution < -0.4 is 0 Å². The monoisotopic (exact) mass is 353 g/mol. The first-order valence-corrected chi connectivity index (χ1v) is 7.09. The SMILES string of the molecule is CN1CC(=O)OB(CC(=O)c2ccc(Br)cc2)OC(=O)C1. The van der Waals surface area contributed by atoms with Crippen LogP contribution in [-0.2, 0) is 18.9 Å². The summed E-state index contributed by atoms with van der Waals surface area (Å²) in [5.74, 6) is -1.32. The van der Waals surface area contributed by atoms with E-state index < -0.39 is 19.1 Å². The normalized spacial score (nSPS) is 16.8. The molecule has 0 atom stereocenters. The summed E-state index contributed by atoms with van der Waals surface area (Å²) in [5, 5.41) is 0. The zero-order chi connectivity index (χ0) is 15.4. The van der Waals surface area contributed by atoms with E-state index in [-0.39, 0.29) is 25.2 Å². The molecule has 1 aromatic rings. The largest absolute Gasteiger partial charge is 0.606 e. The first-order chi connectivity index (χ1) is 9.94. The fourth-order valence-corrected chi connectivity index (χ4v) is 2.14. The molecule has 0 saturated carbocycles. The highest BCUT2D eigenvalue weighted by atomic mass is 79.9. The summed E-state index contributed by atoms with van der Waals surface area (Å²) >= 11 is 3.28. The van der Waals surface area contributed by atoms with Crippen molar-refractivity contribution < 1.29 is 23.7 Å².